The molecule has 0 saturated carbocycles. The van der Waals surface area contributed by atoms with Crippen LogP contribution in [0.15, 0.2) is 23.4 Å². The fraction of sp³-hybridized carbons (Fsp3) is 0.417. The maximum Gasteiger partial charge on any atom is 0.246 e. The predicted octanol–water partition coefficient (Wildman–Crippen LogP) is -0.553. The molecule has 0 spiro atoms. The SMILES string of the molecule is CC(=O)NCc1cc2n(n1)CCN(S(=O)(=O)c1cn[nH]c1)C2. The van der Waals surface area contributed by atoms with Crippen LogP contribution in [0.2, 0.25) is 0 Å². The van der Waals surface area contributed by atoms with Gasteiger partial charge in [-0.05, 0) is 6.07 Å². The number of sulfonamides is 1. The molecule has 0 atom stereocenters. The lowest BCUT2D eigenvalue weighted by Gasteiger charge is -2.26. The first-order chi connectivity index (χ1) is 10.5. The monoisotopic (exact) mass is 324 g/mol. The third-order valence-corrected chi connectivity index (χ3v) is 5.25. The zero-order valence-electron chi connectivity index (χ0n) is 12.0. The quantitative estimate of drug-likeness (QED) is 0.783. The lowest BCUT2D eigenvalue weighted by atomic mass is 10.3. The van der Waals surface area contributed by atoms with Gasteiger partial charge in [0, 0.05) is 19.7 Å². The van der Waals surface area contributed by atoms with Gasteiger partial charge >= 0.3 is 0 Å². The zero-order chi connectivity index (χ0) is 15.7. The maximum absolute atomic E-state index is 12.5. The summed E-state index contributed by atoms with van der Waals surface area (Å²) in [6, 6.07) is 1.81. The lowest BCUT2D eigenvalue weighted by molar-refractivity contribution is -0.119. The Kier molecular flexibility index (Phi) is 3.71. The second-order valence-corrected chi connectivity index (χ2v) is 6.97. The third kappa shape index (κ3) is 2.74. The number of hydrogen-bond acceptors (Lipinski definition) is 5. The molecular formula is C12H16N6O3S. The number of hydrogen-bond donors (Lipinski definition) is 2. The Bertz CT molecular complexity index is 780. The molecule has 2 aromatic rings. The van der Waals surface area contributed by atoms with E-state index < -0.39 is 10.0 Å². The summed E-state index contributed by atoms with van der Waals surface area (Å²) >= 11 is 0. The topological polar surface area (TPSA) is 113 Å². The van der Waals surface area contributed by atoms with Crippen LogP contribution in [0.5, 0.6) is 0 Å². The summed E-state index contributed by atoms with van der Waals surface area (Å²) in [4.78, 5) is 11.1. The molecule has 0 radical (unpaired) electrons. The molecule has 10 heteroatoms. The molecule has 22 heavy (non-hydrogen) atoms. The molecule has 1 aliphatic rings. The van der Waals surface area contributed by atoms with Gasteiger partial charge in [-0.2, -0.15) is 14.5 Å². The molecular weight excluding hydrogens is 308 g/mol. The largest absolute Gasteiger partial charge is 0.351 e. The Balaban J connectivity index is 1.78. The molecule has 3 heterocycles. The normalized spacial score (nSPS) is 15.5. The van der Waals surface area contributed by atoms with E-state index in [-0.39, 0.29) is 17.3 Å². The van der Waals surface area contributed by atoms with Crippen LogP contribution in [0.4, 0.5) is 0 Å². The predicted molar refractivity (Wildman–Crippen MR) is 75.9 cm³/mol. The lowest BCUT2D eigenvalue weighted by Crippen LogP contribution is -2.38. The van der Waals surface area contributed by atoms with Gasteiger partial charge in [0.1, 0.15) is 4.90 Å². The van der Waals surface area contributed by atoms with E-state index in [1.165, 1.54) is 23.6 Å². The molecule has 2 N–H and O–H groups in total. The molecule has 1 aliphatic heterocycles. The first-order valence-electron chi connectivity index (χ1n) is 6.76. The Labute approximate surface area is 127 Å². The van der Waals surface area contributed by atoms with Crippen molar-refractivity contribution in [2.24, 2.45) is 0 Å². The minimum Gasteiger partial charge on any atom is -0.351 e. The van der Waals surface area contributed by atoms with Crippen LogP contribution >= 0.6 is 0 Å². The highest BCUT2D eigenvalue weighted by molar-refractivity contribution is 7.89. The van der Waals surface area contributed by atoms with Gasteiger partial charge in [0.2, 0.25) is 15.9 Å². The van der Waals surface area contributed by atoms with E-state index in [1.807, 2.05) is 6.07 Å². The second kappa shape index (κ2) is 5.54. The van der Waals surface area contributed by atoms with E-state index >= 15 is 0 Å². The highest BCUT2D eigenvalue weighted by atomic mass is 32.2. The van der Waals surface area contributed by atoms with Crippen molar-refractivity contribution in [3.63, 3.8) is 0 Å². The number of carbonyl (C=O) groups excluding carboxylic acids is 1. The summed E-state index contributed by atoms with van der Waals surface area (Å²) in [7, 11) is -3.55. The Hall–Kier alpha value is -2.20. The van der Waals surface area contributed by atoms with E-state index in [0.29, 0.717) is 25.3 Å². The number of fused-ring (bicyclic) bond motifs is 1. The molecule has 0 bridgehead atoms. The van der Waals surface area contributed by atoms with Gasteiger partial charge in [0.25, 0.3) is 0 Å². The van der Waals surface area contributed by atoms with Gasteiger partial charge < -0.3 is 5.32 Å². The average molecular weight is 324 g/mol. The summed E-state index contributed by atoms with van der Waals surface area (Å²) in [5.74, 6) is -0.130. The number of H-pyrrole nitrogens is 1. The standard InChI is InChI=1S/C12H16N6O3S/c1-9(19)13-5-10-4-11-8-17(2-3-18(11)16-10)22(20,21)12-6-14-15-7-12/h4,6-7H,2-3,5,8H2,1H3,(H,13,19)(H,14,15). The van der Waals surface area contributed by atoms with Crippen molar-refractivity contribution in [3.8, 4) is 0 Å². The van der Waals surface area contributed by atoms with Crippen LogP contribution < -0.4 is 5.32 Å². The van der Waals surface area contributed by atoms with Crippen molar-refractivity contribution in [1.29, 1.82) is 0 Å². The van der Waals surface area contributed by atoms with Crippen LogP contribution in [0.1, 0.15) is 18.3 Å². The van der Waals surface area contributed by atoms with E-state index in [1.54, 1.807) is 4.68 Å². The van der Waals surface area contributed by atoms with E-state index in [9.17, 15) is 13.2 Å². The Morgan fingerprint density at radius 3 is 2.95 bits per heavy atom. The summed E-state index contributed by atoms with van der Waals surface area (Å²) in [5.41, 5.74) is 1.52. The fourth-order valence-corrected chi connectivity index (χ4v) is 3.65. The number of amides is 1. The van der Waals surface area contributed by atoms with E-state index in [4.69, 9.17) is 0 Å². The van der Waals surface area contributed by atoms with E-state index in [0.717, 1.165) is 5.69 Å². The molecule has 0 saturated heterocycles. The third-order valence-electron chi connectivity index (χ3n) is 3.44. The molecule has 0 unspecified atom stereocenters. The summed E-state index contributed by atoms with van der Waals surface area (Å²) in [5, 5.41) is 13.2. The van der Waals surface area contributed by atoms with Crippen molar-refractivity contribution in [2.75, 3.05) is 6.54 Å². The molecule has 0 fully saturated rings. The van der Waals surface area contributed by atoms with E-state index in [2.05, 4.69) is 20.6 Å². The molecule has 0 aliphatic carbocycles. The number of carbonyl (C=O) groups is 1. The molecule has 1 amide bonds. The fourth-order valence-electron chi connectivity index (χ4n) is 2.34. The zero-order valence-corrected chi connectivity index (χ0v) is 12.8. The van der Waals surface area contributed by atoms with Crippen molar-refractivity contribution in [2.45, 2.75) is 31.5 Å². The molecule has 118 valence electrons. The first-order valence-corrected chi connectivity index (χ1v) is 8.20. The molecule has 0 aromatic carbocycles. The number of nitrogens with one attached hydrogen (secondary N) is 2. The second-order valence-electron chi connectivity index (χ2n) is 5.03. The number of rotatable bonds is 4. The van der Waals surface area contributed by atoms with Crippen LogP contribution in [0, 0.1) is 0 Å². The maximum atomic E-state index is 12.5. The first kappa shape index (κ1) is 14.7. The van der Waals surface area contributed by atoms with Crippen LogP contribution in [-0.2, 0) is 34.5 Å². The van der Waals surface area contributed by atoms with Gasteiger partial charge in [0.05, 0.1) is 37.2 Å². The van der Waals surface area contributed by atoms with Gasteiger partial charge in [-0.25, -0.2) is 8.42 Å². The summed E-state index contributed by atoms with van der Waals surface area (Å²) < 4.78 is 28.1. The smallest absolute Gasteiger partial charge is 0.246 e. The van der Waals surface area contributed by atoms with Gasteiger partial charge in [-0.3, -0.25) is 14.6 Å². The number of nitrogens with zero attached hydrogens (tertiary/aromatic N) is 4. The van der Waals surface area contributed by atoms with Crippen molar-refractivity contribution in [3.05, 3.63) is 29.8 Å². The van der Waals surface area contributed by atoms with Gasteiger partial charge in [0.15, 0.2) is 0 Å². The van der Waals surface area contributed by atoms with Crippen LogP contribution in [-0.4, -0.2) is 45.2 Å². The van der Waals surface area contributed by atoms with Crippen molar-refractivity contribution in [1.82, 2.24) is 29.6 Å². The van der Waals surface area contributed by atoms with Crippen LogP contribution in [0.3, 0.4) is 0 Å². The Morgan fingerprint density at radius 2 is 2.27 bits per heavy atom. The van der Waals surface area contributed by atoms with Crippen molar-refractivity contribution >= 4 is 15.9 Å². The molecule has 9 nitrogen and oxygen atoms in total. The minimum atomic E-state index is -3.55. The summed E-state index contributed by atoms with van der Waals surface area (Å²) in [6.45, 7) is 2.86. The molecule has 3 rings (SSSR count). The highest BCUT2D eigenvalue weighted by Crippen LogP contribution is 2.21. The van der Waals surface area contributed by atoms with Crippen molar-refractivity contribution < 1.29 is 13.2 Å². The number of aromatic amines is 1. The molecule has 2 aromatic heterocycles. The van der Waals surface area contributed by atoms with Crippen LogP contribution in [0.25, 0.3) is 0 Å². The Morgan fingerprint density at radius 1 is 1.45 bits per heavy atom. The van der Waals surface area contributed by atoms with Gasteiger partial charge in [-0.1, -0.05) is 0 Å². The summed E-state index contributed by atoms with van der Waals surface area (Å²) in [6.07, 6.45) is 2.66. The number of aromatic nitrogens is 4. The average Bonchev–Trinajstić information content (AvgIpc) is 3.13. The van der Waals surface area contributed by atoms with Gasteiger partial charge in [-0.15, -0.1) is 0 Å². The minimum absolute atomic E-state index is 0.130. The highest BCUT2D eigenvalue weighted by Gasteiger charge is 2.29.